The quantitative estimate of drug-likeness (QED) is 0.532. The smallest absolute Gasteiger partial charge is 0.475 e. The fraction of sp³-hybridized carbons (Fsp3) is 0.346. The molecule has 2 N–H and O–H groups in total. The molecule has 1 fully saturated rings. The van der Waals surface area contributed by atoms with E-state index >= 15 is 0 Å². The fourth-order valence-corrected chi connectivity index (χ4v) is 4.22. The van der Waals surface area contributed by atoms with Crippen LogP contribution < -0.4 is 5.32 Å². The molecule has 1 aromatic heterocycles. The van der Waals surface area contributed by atoms with Gasteiger partial charge in [0, 0.05) is 12.7 Å². The standard InChI is InChI=1S/C24H25N3O2.C2HF3O2/c28-23(24(12-13-24)20-9-5-2-6-10-20)25-15-21-22-19(11-14-29-21)17-27(26-22)16-18-7-3-1-4-8-18;3-2(4,5)1(6)7/h1-10,17,21H,11-16H2,(H,25,28);(H,6,7). The second-order valence-electron chi connectivity index (χ2n) is 8.79. The van der Waals surface area contributed by atoms with Crippen molar-refractivity contribution in [2.75, 3.05) is 13.2 Å². The molecule has 1 aliphatic carbocycles. The topological polar surface area (TPSA) is 93.5 Å². The van der Waals surface area contributed by atoms with Crippen LogP contribution in [0.4, 0.5) is 13.2 Å². The molecule has 0 bridgehead atoms. The molecule has 1 atom stereocenters. The summed E-state index contributed by atoms with van der Waals surface area (Å²) in [5.41, 5.74) is 4.14. The number of rotatable bonds is 6. The van der Waals surface area contributed by atoms with E-state index in [1.807, 2.05) is 53.2 Å². The van der Waals surface area contributed by atoms with Crippen LogP contribution in [0.3, 0.4) is 0 Å². The number of fused-ring (bicyclic) bond motifs is 1. The van der Waals surface area contributed by atoms with Crippen LogP contribution in [-0.4, -0.2) is 46.1 Å². The van der Waals surface area contributed by atoms with E-state index in [9.17, 15) is 18.0 Å². The third-order valence-electron chi connectivity index (χ3n) is 6.25. The lowest BCUT2D eigenvalue weighted by atomic mass is 9.95. The molecule has 2 heterocycles. The third-order valence-corrected chi connectivity index (χ3v) is 6.25. The number of aromatic nitrogens is 2. The van der Waals surface area contributed by atoms with Crippen molar-refractivity contribution in [3.05, 3.63) is 89.2 Å². The number of carbonyl (C=O) groups is 2. The molecule has 10 heteroatoms. The highest BCUT2D eigenvalue weighted by atomic mass is 19.4. The van der Waals surface area contributed by atoms with Crippen LogP contribution in [0.25, 0.3) is 0 Å². The number of hydrogen-bond donors (Lipinski definition) is 2. The van der Waals surface area contributed by atoms with Gasteiger partial charge in [-0.1, -0.05) is 60.7 Å². The minimum absolute atomic E-state index is 0.100. The molecule has 1 aliphatic heterocycles. The van der Waals surface area contributed by atoms with Gasteiger partial charge in [-0.05, 0) is 36.0 Å². The average molecular weight is 502 g/mol. The Morgan fingerprint density at radius 3 is 2.28 bits per heavy atom. The van der Waals surface area contributed by atoms with E-state index in [1.54, 1.807) is 0 Å². The summed E-state index contributed by atoms with van der Waals surface area (Å²) in [6.45, 7) is 1.86. The van der Waals surface area contributed by atoms with Crippen molar-refractivity contribution in [1.82, 2.24) is 15.1 Å². The van der Waals surface area contributed by atoms with E-state index in [-0.39, 0.29) is 17.4 Å². The fourth-order valence-electron chi connectivity index (χ4n) is 4.22. The molecule has 1 unspecified atom stereocenters. The van der Waals surface area contributed by atoms with Crippen molar-refractivity contribution < 1.29 is 32.6 Å². The van der Waals surface area contributed by atoms with Gasteiger partial charge in [-0.15, -0.1) is 0 Å². The van der Waals surface area contributed by atoms with Crippen LogP contribution in [-0.2, 0) is 32.7 Å². The summed E-state index contributed by atoms with van der Waals surface area (Å²) in [6, 6.07) is 20.4. The number of ether oxygens (including phenoxy) is 1. The normalized spacial score (nSPS) is 17.8. The first kappa shape index (κ1) is 25.4. The minimum atomic E-state index is -5.08. The van der Waals surface area contributed by atoms with Crippen molar-refractivity contribution in [1.29, 1.82) is 0 Å². The van der Waals surface area contributed by atoms with Crippen LogP contribution in [0.1, 0.15) is 41.3 Å². The summed E-state index contributed by atoms with van der Waals surface area (Å²) in [4.78, 5) is 21.8. The molecule has 1 amide bonds. The van der Waals surface area contributed by atoms with Gasteiger partial charge in [-0.3, -0.25) is 9.48 Å². The molecule has 36 heavy (non-hydrogen) atoms. The second-order valence-corrected chi connectivity index (χ2v) is 8.79. The number of carbonyl (C=O) groups excluding carboxylic acids is 1. The van der Waals surface area contributed by atoms with Gasteiger partial charge in [0.05, 0.1) is 24.3 Å². The molecule has 5 rings (SSSR count). The Labute approximate surface area is 205 Å². The molecule has 190 valence electrons. The van der Waals surface area contributed by atoms with Crippen molar-refractivity contribution in [3.8, 4) is 0 Å². The average Bonchev–Trinajstić information content (AvgIpc) is 3.58. The van der Waals surface area contributed by atoms with Gasteiger partial charge in [-0.25, -0.2) is 4.79 Å². The Morgan fingerprint density at radius 2 is 1.69 bits per heavy atom. The van der Waals surface area contributed by atoms with Crippen LogP contribution in [0.5, 0.6) is 0 Å². The van der Waals surface area contributed by atoms with Crippen LogP contribution in [0.2, 0.25) is 0 Å². The highest BCUT2D eigenvalue weighted by Gasteiger charge is 2.51. The molecule has 0 radical (unpaired) electrons. The summed E-state index contributed by atoms with van der Waals surface area (Å²) >= 11 is 0. The third kappa shape index (κ3) is 5.93. The second kappa shape index (κ2) is 10.5. The Hall–Kier alpha value is -3.66. The first-order valence-corrected chi connectivity index (χ1v) is 11.5. The number of nitrogens with zero attached hydrogens (tertiary/aromatic N) is 2. The first-order chi connectivity index (χ1) is 17.2. The Bertz CT molecular complexity index is 1190. The number of halogens is 3. The first-order valence-electron chi connectivity index (χ1n) is 11.5. The van der Waals surface area contributed by atoms with Gasteiger partial charge in [-0.2, -0.15) is 18.3 Å². The number of nitrogens with one attached hydrogen (secondary N) is 1. The summed E-state index contributed by atoms with van der Waals surface area (Å²) in [6.07, 6.45) is -0.475. The number of amides is 1. The lowest BCUT2D eigenvalue weighted by molar-refractivity contribution is -0.192. The maximum atomic E-state index is 12.9. The van der Waals surface area contributed by atoms with E-state index in [0.717, 1.165) is 37.1 Å². The van der Waals surface area contributed by atoms with Crippen molar-refractivity contribution in [2.24, 2.45) is 0 Å². The summed E-state index contributed by atoms with van der Waals surface area (Å²) < 4.78 is 39.7. The predicted octanol–water partition coefficient (Wildman–Crippen LogP) is 4.03. The Balaban J connectivity index is 0.000000384. The van der Waals surface area contributed by atoms with Crippen molar-refractivity contribution >= 4 is 11.9 Å². The van der Waals surface area contributed by atoms with E-state index in [1.165, 1.54) is 11.1 Å². The maximum absolute atomic E-state index is 12.9. The Kier molecular flexibility index (Phi) is 7.44. The lowest BCUT2D eigenvalue weighted by Gasteiger charge is -2.23. The maximum Gasteiger partial charge on any atom is 0.490 e. The molecule has 1 saturated carbocycles. The van der Waals surface area contributed by atoms with Crippen LogP contribution >= 0.6 is 0 Å². The number of aliphatic carboxylic acids is 1. The van der Waals surface area contributed by atoms with Crippen LogP contribution in [0.15, 0.2) is 66.9 Å². The highest BCUT2D eigenvalue weighted by Crippen LogP contribution is 2.48. The molecule has 0 saturated heterocycles. The number of carboxylic acid groups (broad SMARTS) is 1. The summed E-state index contributed by atoms with van der Waals surface area (Å²) in [5, 5.41) is 15.0. The highest BCUT2D eigenvalue weighted by molar-refractivity contribution is 5.91. The van der Waals surface area contributed by atoms with Gasteiger partial charge >= 0.3 is 12.1 Å². The van der Waals surface area contributed by atoms with E-state index in [4.69, 9.17) is 19.7 Å². The molecule has 2 aliphatic rings. The van der Waals surface area contributed by atoms with Gasteiger partial charge in [0.2, 0.25) is 5.91 Å². The zero-order valence-electron chi connectivity index (χ0n) is 19.4. The van der Waals surface area contributed by atoms with Crippen molar-refractivity contribution in [3.63, 3.8) is 0 Å². The number of alkyl halides is 3. The molecule has 0 spiro atoms. The number of benzene rings is 2. The van der Waals surface area contributed by atoms with Crippen LogP contribution in [0, 0.1) is 0 Å². The van der Waals surface area contributed by atoms with Crippen molar-refractivity contribution in [2.45, 2.75) is 43.5 Å². The molecular formula is C26H26F3N3O4. The lowest BCUT2D eigenvalue weighted by Crippen LogP contribution is -2.38. The van der Waals surface area contributed by atoms with Gasteiger partial charge < -0.3 is 15.2 Å². The number of carboxylic acids is 1. The Morgan fingerprint density at radius 1 is 1.08 bits per heavy atom. The van der Waals surface area contributed by atoms with Gasteiger partial charge in [0.1, 0.15) is 6.10 Å². The molecule has 7 nitrogen and oxygen atoms in total. The van der Waals surface area contributed by atoms with Gasteiger partial charge in [0.25, 0.3) is 0 Å². The van der Waals surface area contributed by atoms with E-state index < -0.39 is 12.1 Å². The monoisotopic (exact) mass is 501 g/mol. The molecule has 3 aromatic rings. The molecular weight excluding hydrogens is 475 g/mol. The zero-order valence-corrected chi connectivity index (χ0v) is 19.4. The summed E-state index contributed by atoms with van der Waals surface area (Å²) in [7, 11) is 0. The van der Waals surface area contributed by atoms with E-state index in [0.29, 0.717) is 13.2 Å². The predicted molar refractivity (Wildman–Crippen MR) is 124 cm³/mol. The summed E-state index contributed by atoms with van der Waals surface area (Å²) in [5.74, 6) is -2.66. The minimum Gasteiger partial charge on any atom is -0.475 e. The van der Waals surface area contributed by atoms with E-state index in [2.05, 4.69) is 23.6 Å². The number of hydrogen-bond acceptors (Lipinski definition) is 4. The SMILES string of the molecule is O=C(NCC1OCCc2cn(Cc3ccccc3)nc21)C1(c2ccccc2)CC1.O=C(O)C(F)(F)F. The molecule has 2 aromatic carbocycles. The largest absolute Gasteiger partial charge is 0.490 e. The van der Waals surface area contributed by atoms with Gasteiger partial charge in [0.15, 0.2) is 0 Å². The zero-order chi connectivity index (χ0) is 25.8.